The molecule has 2 fully saturated rings. The van der Waals surface area contributed by atoms with Crippen LogP contribution in [0.25, 0.3) is 0 Å². The second kappa shape index (κ2) is 3.05. The first-order valence-corrected chi connectivity index (χ1v) is 4.78. The Bertz CT molecular complexity index is 193. The predicted octanol–water partition coefficient (Wildman–Crippen LogP) is 0.313. The van der Waals surface area contributed by atoms with Crippen molar-refractivity contribution in [1.82, 2.24) is 9.80 Å². The first kappa shape index (κ1) is 8.05. The van der Waals surface area contributed by atoms with Crippen molar-refractivity contribution >= 4 is 5.91 Å². The Morgan fingerprint density at radius 2 is 2.08 bits per heavy atom. The summed E-state index contributed by atoms with van der Waals surface area (Å²) in [4.78, 5) is 15.9. The van der Waals surface area contributed by atoms with Crippen LogP contribution >= 0.6 is 0 Å². The standard InChI is InChI=1S/C9H16N2O/c1-10-6-7-11-5-3-2-4-8(11)9(10)12/h8H,2-7H2,1H3. The third-order valence-corrected chi connectivity index (χ3v) is 3.00. The van der Waals surface area contributed by atoms with E-state index < -0.39 is 0 Å². The van der Waals surface area contributed by atoms with Crippen molar-refractivity contribution in [2.75, 3.05) is 26.7 Å². The highest BCUT2D eigenvalue weighted by molar-refractivity contribution is 5.82. The lowest BCUT2D eigenvalue weighted by Crippen LogP contribution is -2.57. The number of rotatable bonds is 0. The third-order valence-electron chi connectivity index (χ3n) is 3.00. The number of carbonyl (C=O) groups excluding carboxylic acids is 1. The average Bonchev–Trinajstić information content (AvgIpc) is 2.12. The fraction of sp³-hybridized carbons (Fsp3) is 0.889. The van der Waals surface area contributed by atoms with Crippen molar-refractivity contribution in [2.45, 2.75) is 25.3 Å². The summed E-state index contributed by atoms with van der Waals surface area (Å²) in [5.41, 5.74) is 0. The molecule has 0 aromatic rings. The number of hydrogen-bond donors (Lipinski definition) is 0. The number of fused-ring (bicyclic) bond motifs is 1. The SMILES string of the molecule is CN1CCN2CCCCC2C1=O. The molecule has 3 nitrogen and oxygen atoms in total. The van der Waals surface area contributed by atoms with Crippen LogP contribution in [-0.4, -0.2) is 48.4 Å². The van der Waals surface area contributed by atoms with Gasteiger partial charge < -0.3 is 4.90 Å². The molecule has 68 valence electrons. The lowest BCUT2D eigenvalue weighted by atomic mass is 9.99. The molecule has 3 heteroatoms. The third kappa shape index (κ3) is 1.22. The minimum Gasteiger partial charge on any atom is -0.343 e. The summed E-state index contributed by atoms with van der Waals surface area (Å²) in [5, 5.41) is 0. The highest BCUT2D eigenvalue weighted by Crippen LogP contribution is 2.21. The van der Waals surface area contributed by atoms with Crippen molar-refractivity contribution in [3.05, 3.63) is 0 Å². The van der Waals surface area contributed by atoms with Crippen molar-refractivity contribution in [2.24, 2.45) is 0 Å². The zero-order valence-corrected chi connectivity index (χ0v) is 7.62. The maximum atomic E-state index is 11.6. The van der Waals surface area contributed by atoms with Gasteiger partial charge in [0.2, 0.25) is 5.91 Å². The van der Waals surface area contributed by atoms with Gasteiger partial charge in [-0.05, 0) is 19.4 Å². The molecule has 0 N–H and O–H groups in total. The number of piperidine rings is 1. The van der Waals surface area contributed by atoms with Crippen molar-refractivity contribution in [1.29, 1.82) is 0 Å². The monoisotopic (exact) mass is 168 g/mol. The van der Waals surface area contributed by atoms with Gasteiger partial charge in [0, 0.05) is 20.1 Å². The van der Waals surface area contributed by atoms with E-state index in [0.717, 1.165) is 26.1 Å². The van der Waals surface area contributed by atoms with E-state index in [-0.39, 0.29) is 6.04 Å². The van der Waals surface area contributed by atoms with Crippen LogP contribution in [0.4, 0.5) is 0 Å². The van der Waals surface area contributed by atoms with E-state index in [9.17, 15) is 4.79 Å². The van der Waals surface area contributed by atoms with E-state index in [4.69, 9.17) is 0 Å². The molecular weight excluding hydrogens is 152 g/mol. The summed E-state index contributed by atoms with van der Waals surface area (Å²) < 4.78 is 0. The molecule has 0 radical (unpaired) electrons. The van der Waals surface area contributed by atoms with Gasteiger partial charge in [0.1, 0.15) is 0 Å². The fourth-order valence-electron chi connectivity index (χ4n) is 2.18. The molecular formula is C9H16N2O. The summed E-state index contributed by atoms with van der Waals surface area (Å²) in [6.07, 6.45) is 3.57. The number of piperazine rings is 1. The quantitative estimate of drug-likeness (QED) is 0.520. The second-order valence-electron chi connectivity index (χ2n) is 3.81. The Morgan fingerprint density at radius 1 is 1.25 bits per heavy atom. The van der Waals surface area contributed by atoms with Gasteiger partial charge in [0.05, 0.1) is 6.04 Å². The van der Waals surface area contributed by atoms with Gasteiger partial charge in [0.25, 0.3) is 0 Å². The van der Waals surface area contributed by atoms with Gasteiger partial charge in [-0.1, -0.05) is 6.42 Å². The molecule has 2 aliphatic rings. The first-order chi connectivity index (χ1) is 5.79. The Kier molecular flexibility index (Phi) is 2.05. The largest absolute Gasteiger partial charge is 0.343 e. The second-order valence-corrected chi connectivity index (χ2v) is 3.81. The Morgan fingerprint density at radius 3 is 2.92 bits per heavy atom. The molecule has 1 unspecified atom stereocenters. The maximum absolute atomic E-state index is 11.6. The molecule has 0 spiro atoms. The van der Waals surface area contributed by atoms with Gasteiger partial charge in [-0.25, -0.2) is 0 Å². The van der Waals surface area contributed by atoms with E-state index in [2.05, 4.69) is 4.90 Å². The summed E-state index contributed by atoms with van der Waals surface area (Å²) in [5.74, 6) is 0.334. The van der Waals surface area contributed by atoms with E-state index in [1.165, 1.54) is 12.8 Å². The molecule has 2 rings (SSSR count). The van der Waals surface area contributed by atoms with Crippen LogP contribution in [0.1, 0.15) is 19.3 Å². The molecule has 1 amide bonds. The summed E-state index contributed by atoms with van der Waals surface area (Å²) in [6, 6.07) is 0.220. The summed E-state index contributed by atoms with van der Waals surface area (Å²) >= 11 is 0. The maximum Gasteiger partial charge on any atom is 0.239 e. The van der Waals surface area contributed by atoms with Crippen molar-refractivity contribution < 1.29 is 4.79 Å². The molecule has 0 aliphatic carbocycles. The molecule has 12 heavy (non-hydrogen) atoms. The van der Waals surface area contributed by atoms with Crippen LogP contribution in [0.5, 0.6) is 0 Å². The number of amides is 1. The highest BCUT2D eigenvalue weighted by Gasteiger charge is 2.33. The smallest absolute Gasteiger partial charge is 0.239 e. The van der Waals surface area contributed by atoms with Crippen LogP contribution in [0, 0.1) is 0 Å². The summed E-state index contributed by atoms with van der Waals surface area (Å²) in [6.45, 7) is 3.12. The number of hydrogen-bond acceptors (Lipinski definition) is 2. The van der Waals surface area contributed by atoms with Crippen LogP contribution in [-0.2, 0) is 4.79 Å². The minimum absolute atomic E-state index is 0.220. The lowest BCUT2D eigenvalue weighted by molar-refractivity contribution is -0.141. The Labute approximate surface area is 73.3 Å². The van der Waals surface area contributed by atoms with Gasteiger partial charge in [-0.2, -0.15) is 0 Å². The Hall–Kier alpha value is -0.570. The van der Waals surface area contributed by atoms with E-state index in [0.29, 0.717) is 5.91 Å². The first-order valence-electron chi connectivity index (χ1n) is 4.78. The summed E-state index contributed by atoms with van der Waals surface area (Å²) in [7, 11) is 1.91. The van der Waals surface area contributed by atoms with Crippen LogP contribution < -0.4 is 0 Å². The molecule has 0 saturated carbocycles. The number of likely N-dealkylation sites (N-methyl/N-ethyl adjacent to an activating group) is 1. The normalized spacial score (nSPS) is 31.9. The van der Waals surface area contributed by atoms with Crippen LogP contribution in [0.2, 0.25) is 0 Å². The molecule has 0 aromatic heterocycles. The van der Waals surface area contributed by atoms with Crippen molar-refractivity contribution in [3.63, 3.8) is 0 Å². The van der Waals surface area contributed by atoms with Crippen LogP contribution in [0.3, 0.4) is 0 Å². The molecule has 0 aromatic carbocycles. The zero-order valence-electron chi connectivity index (χ0n) is 7.62. The molecule has 2 aliphatic heterocycles. The van der Waals surface area contributed by atoms with Gasteiger partial charge in [0.15, 0.2) is 0 Å². The minimum atomic E-state index is 0.220. The lowest BCUT2D eigenvalue weighted by Gasteiger charge is -2.41. The molecule has 0 bridgehead atoms. The van der Waals surface area contributed by atoms with Crippen LogP contribution in [0.15, 0.2) is 0 Å². The van der Waals surface area contributed by atoms with E-state index in [1.807, 2.05) is 11.9 Å². The average molecular weight is 168 g/mol. The molecule has 2 heterocycles. The molecule has 1 atom stereocenters. The molecule has 2 saturated heterocycles. The van der Waals surface area contributed by atoms with Gasteiger partial charge in [-0.3, -0.25) is 9.69 Å². The zero-order chi connectivity index (χ0) is 8.55. The highest BCUT2D eigenvalue weighted by atomic mass is 16.2. The van der Waals surface area contributed by atoms with E-state index >= 15 is 0 Å². The fourth-order valence-corrected chi connectivity index (χ4v) is 2.18. The number of carbonyl (C=O) groups is 1. The van der Waals surface area contributed by atoms with E-state index in [1.54, 1.807) is 0 Å². The van der Waals surface area contributed by atoms with Gasteiger partial charge in [-0.15, -0.1) is 0 Å². The van der Waals surface area contributed by atoms with Gasteiger partial charge >= 0.3 is 0 Å². The van der Waals surface area contributed by atoms with Crippen molar-refractivity contribution in [3.8, 4) is 0 Å². The topological polar surface area (TPSA) is 23.6 Å². The Balaban J connectivity index is 2.08. The predicted molar refractivity (Wildman–Crippen MR) is 46.8 cm³/mol. The number of nitrogens with zero attached hydrogens (tertiary/aromatic N) is 2.